The molecule has 1 aromatic heterocycles. The number of benzene rings is 1. The van der Waals surface area contributed by atoms with Crippen molar-refractivity contribution in [2.45, 2.75) is 19.5 Å². The van der Waals surface area contributed by atoms with Crippen molar-refractivity contribution in [2.24, 2.45) is 0 Å². The van der Waals surface area contributed by atoms with Crippen LogP contribution in [0.2, 0.25) is 0 Å². The predicted molar refractivity (Wildman–Crippen MR) is 79.9 cm³/mol. The number of hydrogen-bond donors (Lipinski definition) is 0. The molecule has 2 aromatic rings. The maximum absolute atomic E-state index is 11.0. The van der Waals surface area contributed by atoms with E-state index in [1.165, 1.54) is 5.56 Å². The fourth-order valence-corrected chi connectivity index (χ4v) is 2.89. The lowest BCUT2D eigenvalue weighted by atomic mass is 10.2. The molecule has 0 saturated carbocycles. The van der Waals surface area contributed by atoms with Crippen LogP contribution < -0.4 is 5.01 Å². The molecule has 1 aromatic carbocycles. The topological polar surface area (TPSA) is 23.6 Å². The van der Waals surface area contributed by atoms with Gasteiger partial charge < -0.3 is 0 Å². The Bertz CT molecular complexity index is 498. The first kappa shape index (κ1) is 13.8. The summed E-state index contributed by atoms with van der Waals surface area (Å²) in [6, 6.07) is 13.9. The van der Waals surface area contributed by atoms with Gasteiger partial charge in [0.2, 0.25) is 6.29 Å². The molecule has 4 heteroatoms. The number of carbonyl (C=O) groups excluding carboxylic acids is 1. The van der Waals surface area contributed by atoms with Gasteiger partial charge in [0.1, 0.15) is 11.0 Å². The molecular formula is C15H17N2OS. The number of hydrogen-bond acceptors (Lipinski definition) is 4. The summed E-state index contributed by atoms with van der Waals surface area (Å²) in [6.45, 7) is 2.61. The highest BCUT2D eigenvalue weighted by Gasteiger charge is 2.20. The summed E-state index contributed by atoms with van der Waals surface area (Å²) in [6.07, 6.45) is 2.06. The average molecular weight is 273 g/mol. The molecule has 19 heavy (non-hydrogen) atoms. The van der Waals surface area contributed by atoms with Gasteiger partial charge in [0.15, 0.2) is 0 Å². The van der Waals surface area contributed by atoms with Gasteiger partial charge in [0.05, 0.1) is 0 Å². The summed E-state index contributed by atoms with van der Waals surface area (Å²) in [7, 11) is 1.99. The van der Waals surface area contributed by atoms with Gasteiger partial charge in [-0.15, -0.1) is 11.3 Å². The molecule has 0 amide bonds. The first-order valence-corrected chi connectivity index (χ1v) is 7.05. The molecule has 0 aliphatic carbocycles. The lowest BCUT2D eigenvalue weighted by molar-refractivity contribution is 0.287. The molecule has 0 N–H and O–H groups in total. The third kappa shape index (κ3) is 3.43. The molecule has 1 radical (unpaired) electrons. The van der Waals surface area contributed by atoms with Gasteiger partial charge in [-0.1, -0.05) is 30.3 Å². The molecule has 1 heterocycles. The number of hydrazine groups is 1. The standard InChI is InChI=1S/C15H17N2OS/c1-13(12-18)17(15-9-6-10-19-15)16(2)11-14-7-4-3-5-8-14/h3-10,13H,11H2,1-2H3/t13-/m0/s1. The van der Waals surface area contributed by atoms with Crippen LogP contribution in [-0.2, 0) is 11.3 Å². The Morgan fingerprint density at radius 3 is 2.53 bits per heavy atom. The van der Waals surface area contributed by atoms with E-state index in [2.05, 4.69) is 23.4 Å². The van der Waals surface area contributed by atoms with E-state index in [0.717, 1.165) is 11.5 Å². The Hall–Kier alpha value is -1.65. The van der Waals surface area contributed by atoms with E-state index in [9.17, 15) is 4.79 Å². The van der Waals surface area contributed by atoms with Crippen LogP contribution in [0.25, 0.3) is 0 Å². The van der Waals surface area contributed by atoms with Crippen molar-refractivity contribution in [3.63, 3.8) is 0 Å². The van der Waals surface area contributed by atoms with E-state index in [-0.39, 0.29) is 6.04 Å². The predicted octanol–water partition coefficient (Wildman–Crippen LogP) is 3.10. The SMILES string of the molecule is C[C@@H]([C]=O)N(c1cccs1)N(C)Cc1ccccc1. The molecule has 0 aliphatic heterocycles. The summed E-state index contributed by atoms with van der Waals surface area (Å²) in [5, 5.41) is 7.09. The van der Waals surface area contributed by atoms with Gasteiger partial charge in [-0.3, -0.25) is 9.80 Å². The Morgan fingerprint density at radius 2 is 1.95 bits per heavy atom. The molecule has 0 unspecified atom stereocenters. The van der Waals surface area contributed by atoms with Gasteiger partial charge in [-0.05, 0) is 30.0 Å². The zero-order chi connectivity index (χ0) is 13.7. The third-order valence-electron chi connectivity index (χ3n) is 2.89. The smallest absolute Gasteiger partial charge is 0.224 e. The molecule has 0 fully saturated rings. The summed E-state index contributed by atoms with van der Waals surface area (Å²) in [4.78, 5) is 11.0. The van der Waals surface area contributed by atoms with Crippen LogP contribution in [0.4, 0.5) is 5.00 Å². The highest BCUT2D eigenvalue weighted by molar-refractivity contribution is 7.14. The van der Waals surface area contributed by atoms with Gasteiger partial charge in [0, 0.05) is 13.6 Å². The molecule has 99 valence electrons. The van der Waals surface area contributed by atoms with Crippen LogP contribution >= 0.6 is 11.3 Å². The van der Waals surface area contributed by atoms with Crippen LogP contribution in [0.15, 0.2) is 47.8 Å². The minimum atomic E-state index is -0.299. The summed E-state index contributed by atoms with van der Waals surface area (Å²) in [5.41, 5.74) is 1.21. The first-order valence-electron chi connectivity index (χ1n) is 6.17. The fourth-order valence-electron chi connectivity index (χ4n) is 2.03. The van der Waals surface area contributed by atoms with E-state index in [4.69, 9.17) is 0 Å². The van der Waals surface area contributed by atoms with Gasteiger partial charge in [-0.2, -0.15) is 0 Å². The van der Waals surface area contributed by atoms with Crippen molar-refractivity contribution in [1.82, 2.24) is 5.01 Å². The molecule has 0 spiro atoms. The molecular weight excluding hydrogens is 256 g/mol. The molecule has 3 nitrogen and oxygen atoms in total. The second kappa shape index (κ2) is 6.50. The van der Waals surface area contributed by atoms with Crippen molar-refractivity contribution in [3.05, 3.63) is 53.4 Å². The average Bonchev–Trinajstić information content (AvgIpc) is 2.93. The molecule has 0 saturated heterocycles. The van der Waals surface area contributed by atoms with Gasteiger partial charge in [0.25, 0.3) is 0 Å². The van der Waals surface area contributed by atoms with Gasteiger partial charge in [-0.25, -0.2) is 5.01 Å². The van der Waals surface area contributed by atoms with Crippen molar-refractivity contribution < 1.29 is 4.79 Å². The van der Waals surface area contributed by atoms with E-state index in [1.54, 1.807) is 11.3 Å². The number of nitrogens with zero attached hydrogens (tertiary/aromatic N) is 2. The van der Waals surface area contributed by atoms with E-state index < -0.39 is 0 Å². The summed E-state index contributed by atoms with van der Waals surface area (Å²) in [5.74, 6) is 0. The second-order valence-corrected chi connectivity index (χ2v) is 5.32. The van der Waals surface area contributed by atoms with Crippen LogP contribution in [0.1, 0.15) is 12.5 Å². The highest BCUT2D eigenvalue weighted by atomic mass is 32.1. The zero-order valence-corrected chi connectivity index (χ0v) is 11.9. The molecule has 1 atom stereocenters. The molecule has 2 rings (SSSR count). The quantitative estimate of drug-likeness (QED) is 0.756. The van der Waals surface area contributed by atoms with E-state index in [1.807, 2.05) is 54.7 Å². The lowest BCUT2D eigenvalue weighted by Gasteiger charge is -2.34. The Kier molecular flexibility index (Phi) is 4.71. The largest absolute Gasteiger partial charge is 0.288 e. The number of anilines is 1. The minimum Gasteiger partial charge on any atom is -0.288 e. The van der Waals surface area contributed by atoms with Crippen LogP contribution in [-0.4, -0.2) is 24.4 Å². The molecule has 0 bridgehead atoms. The Labute approximate surface area is 118 Å². The maximum atomic E-state index is 11.0. The van der Waals surface area contributed by atoms with E-state index >= 15 is 0 Å². The van der Waals surface area contributed by atoms with Crippen molar-refractivity contribution >= 4 is 22.6 Å². The number of rotatable bonds is 6. The van der Waals surface area contributed by atoms with Gasteiger partial charge >= 0.3 is 0 Å². The Balaban J connectivity index is 2.17. The highest BCUT2D eigenvalue weighted by Crippen LogP contribution is 2.25. The first-order chi connectivity index (χ1) is 9.22. The monoisotopic (exact) mass is 273 g/mol. The van der Waals surface area contributed by atoms with Crippen molar-refractivity contribution in [3.8, 4) is 0 Å². The fraction of sp³-hybridized carbons (Fsp3) is 0.267. The van der Waals surface area contributed by atoms with Crippen LogP contribution in [0.3, 0.4) is 0 Å². The normalized spacial score (nSPS) is 12.4. The summed E-state index contributed by atoms with van der Waals surface area (Å²) < 4.78 is 0. The molecule has 0 aliphatic rings. The lowest BCUT2D eigenvalue weighted by Crippen LogP contribution is -2.45. The second-order valence-electron chi connectivity index (χ2n) is 4.39. The van der Waals surface area contributed by atoms with Crippen LogP contribution in [0.5, 0.6) is 0 Å². The van der Waals surface area contributed by atoms with Crippen molar-refractivity contribution in [2.75, 3.05) is 12.1 Å². The number of thiophene rings is 1. The zero-order valence-electron chi connectivity index (χ0n) is 11.1. The maximum Gasteiger partial charge on any atom is 0.224 e. The Morgan fingerprint density at radius 1 is 1.21 bits per heavy atom. The third-order valence-corrected chi connectivity index (χ3v) is 3.75. The van der Waals surface area contributed by atoms with Crippen molar-refractivity contribution in [1.29, 1.82) is 0 Å². The van der Waals surface area contributed by atoms with E-state index in [0.29, 0.717) is 0 Å². The summed E-state index contributed by atoms with van der Waals surface area (Å²) >= 11 is 1.62. The minimum absolute atomic E-state index is 0.299. The van der Waals surface area contributed by atoms with Crippen LogP contribution in [0, 0.1) is 0 Å².